The number of sulfonamides is 1. The lowest BCUT2D eigenvalue weighted by atomic mass is 10.1. The van der Waals surface area contributed by atoms with Crippen molar-refractivity contribution in [3.8, 4) is 11.3 Å². The fourth-order valence-corrected chi connectivity index (χ4v) is 2.67. The number of hydrogen-bond acceptors (Lipinski definition) is 5. The zero-order chi connectivity index (χ0) is 16.9. The molecule has 1 heterocycles. The van der Waals surface area contributed by atoms with Gasteiger partial charge in [-0.1, -0.05) is 18.2 Å². The molecule has 0 aliphatic rings. The van der Waals surface area contributed by atoms with Crippen LogP contribution in [0, 0.1) is 0 Å². The van der Waals surface area contributed by atoms with Crippen molar-refractivity contribution in [1.82, 2.24) is 4.98 Å². The van der Waals surface area contributed by atoms with Crippen molar-refractivity contribution in [2.24, 2.45) is 0 Å². The summed E-state index contributed by atoms with van der Waals surface area (Å²) in [6.45, 7) is 0. The maximum Gasteiger partial charge on any atom is 0.303 e. The van der Waals surface area contributed by atoms with Crippen LogP contribution in [0.25, 0.3) is 11.3 Å². The number of para-hydroxylation sites is 1. The van der Waals surface area contributed by atoms with Crippen LogP contribution in [-0.4, -0.2) is 30.7 Å². The fraction of sp³-hybridized carbons (Fsp3) is 0.333. The molecule has 0 aliphatic heterocycles. The van der Waals surface area contributed by atoms with Crippen LogP contribution in [0.1, 0.15) is 25.2 Å². The molecular formula is C15H18N2O5S. The van der Waals surface area contributed by atoms with Gasteiger partial charge in [0, 0.05) is 18.4 Å². The average Bonchev–Trinajstić information content (AvgIpc) is 2.91. The molecule has 1 aromatic carbocycles. The average molecular weight is 338 g/mol. The monoisotopic (exact) mass is 338 g/mol. The Bertz CT molecular complexity index is 783. The van der Waals surface area contributed by atoms with Crippen LogP contribution in [0.5, 0.6) is 0 Å². The molecule has 0 spiro atoms. The Balaban J connectivity index is 2.10. The molecule has 23 heavy (non-hydrogen) atoms. The van der Waals surface area contributed by atoms with Gasteiger partial charge in [-0.2, -0.15) is 0 Å². The topological polar surface area (TPSA) is 110 Å². The van der Waals surface area contributed by atoms with E-state index in [1.807, 2.05) is 0 Å². The molecule has 0 amide bonds. The Labute approximate surface area is 134 Å². The van der Waals surface area contributed by atoms with Gasteiger partial charge in [-0.3, -0.25) is 9.52 Å². The fourth-order valence-electron chi connectivity index (χ4n) is 2.10. The van der Waals surface area contributed by atoms with E-state index in [4.69, 9.17) is 9.52 Å². The van der Waals surface area contributed by atoms with Gasteiger partial charge in [0.15, 0.2) is 5.89 Å². The molecule has 7 nitrogen and oxygen atoms in total. The molecule has 2 aromatic rings. The molecule has 1 aromatic heterocycles. The number of aromatic nitrogens is 1. The maximum absolute atomic E-state index is 11.4. The third-order valence-corrected chi connectivity index (χ3v) is 3.67. The van der Waals surface area contributed by atoms with Gasteiger partial charge in [0.2, 0.25) is 10.0 Å². The minimum atomic E-state index is -3.39. The summed E-state index contributed by atoms with van der Waals surface area (Å²) in [5.41, 5.74) is 1.59. The van der Waals surface area contributed by atoms with Crippen LogP contribution in [0.2, 0.25) is 0 Å². The van der Waals surface area contributed by atoms with Crippen molar-refractivity contribution in [2.75, 3.05) is 11.0 Å². The van der Waals surface area contributed by atoms with E-state index in [9.17, 15) is 13.2 Å². The Morgan fingerprint density at radius 1 is 1.30 bits per heavy atom. The molecule has 0 fully saturated rings. The van der Waals surface area contributed by atoms with E-state index in [-0.39, 0.29) is 6.42 Å². The van der Waals surface area contributed by atoms with Crippen LogP contribution in [0.4, 0.5) is 5.69 Å². The molecule has 0 radical (unpaired) electrons. The van der Waals surface area contributed by atoms with Gasteiger partial charge in [0.1, 0.15) is 12.0 Å². The Hall–Kier alpha value is -2.35. The van der Waals surface area contributed by atoms with E-state index in [1.54, 1.807) is 24.3 Å². The highest BCUT2D eigenvalue weighted by atomic mass is 32.2. The normalized spacial score (nSPS) is 11.3. The Morgan fingerprint density at radius 2 is 2.04 bits per heavy atom. The van der Waals surface area contributed by atoms with E-state index in [1.165, 1.54) is 6.26 Å². The number of benzene rings is 1. The lowest BCUT2D eigenvalue weighted by Gasteiger charge is -2.07. The number of carboxylic acids is 1. The van der Waals surface area contributed by atoms with E-state index >= 15 is 0 Å². The van der Waals surface area contributed by atoms with E-state index in [0.29, 0.717) is 42.1 Å². The molecule has 124 valence electrons. The first kappa shape index (κ1) is 17.0. The molecule has 0 saturated carbocycles. The maximum atomic E-state index is 11.4. The quantitative estimate of drug-likeness (QED) is 0.716. The summed E-state index contributed by atoms with van der Waals surface area (Å²) in [6.07, 6.45) is 4.42. The summed E-state index contributed by atoms with van der Waals surface area (Å²) in [7, 11) is -3.39. The smallest absolute Gasteiger partial charge is 0.303 e. The van der Waals surface area contributed by atoms with Gasteiger partial charge in [0.25, 0.3) is 0 Å². The van der Waals surface area contributed by atoms with Crippen LogP contribution < -0.4 is 4.72 Å². The number of nitrogens with one attached hydrogen (secondary N) is 1. The number of oxazole rings is 1. The first-order valence-electron chi connectivity index (χ1n) is 7.08. The predicted octanol–water partition coefficient (Wildman–Crippen LogP) is 2.51. The molecular weight excluding hydrogens is 320 g/mol. The van der Waals surface area contributed by atoms with Gasteiger partial charge in [0.05, 0.1) is 11.9 Å². The number of carboxylic acid groups (broad SMARTS) is 1. The first-order valence-corrected chi connectivity index (χ1v) is 8.98. The Kier molecular flexibility index (Phi) is 5.38. The Morgan fingerprint density at radius 3 is 2.74 bits per heavy atom. The van der Waals surface area contributed by atoms with Crippen LogP contribution in [0.3, 0.4) is 0 Å². The summed E-state index contributed by atoms with van der Waals surface area (Å²) in [5.74, 6) is -0.321. The standard InChI is InChI=1S/C15H18N2O5S/c1-23(20,21)17-12-7-3-2-6-11(12)13-10-22-14(16-13)8-4-5-9-15(18)19/h2-3,6-7,10,17H,4-5,8-9H2,1H3,(H,18,19). The van der Waals surface area contributed by atoms with Crippen LogP contribution in [-0.2, 0) is 21.2 Å². The molecule has 2 N–H and O–H groups in total. The highest BCUT2D eigenvalue weighted by molar-refractivity contribution is 7.92. The second-order valence-electron chi connectivity index (χ2n) is 5.15. The molecule has 0 bridgehead atoms. The summed E-state index contributed by atoms with van der Waals surface area (Å²) in [6, 6.07) is 6.91. The highest BCUT2D eigenvalue weighted by Crippen LogP contribution is 2.28. The van der Waals surface area contributed by atoms with Gasteiger partial charge < -0.3 is 9.52 Å². The lowest BCUT2D eigenvalue weighted by molar-refractivity contribution is -0.137. The van der Waals surface area contributed by atoms with Crippen molar-refractivity contribution >= 4 is 21.7 Å². The van der Waals surface area contributed by atoms with Crippen molar-refractivity contribution in [1.29, 1.82) is 0 Å². The molecule has 0 saturated heterocycles. The number of nitrogens with zero attached hydrogens (tertiary/aromatic N) is 1. The molecule has 8 heteroatoms. The highest BCUT2D eigenvalue weighted by Gasteiger charge is 2.12. The first-order chi connectivity index (χ1) is 10.8. The van der Waals surface area contributed by atoms with Crippen LogP contribution in [0.15, 0.2) is 34.9 Å². The molecule has 0 aliphatic carbocycles. The minimum Gasteiger partial charge on any atom is -0.481 e. The second kappa shape index (κ2) is 7.28. The third-order valence-electron chi connectivity index (χ3n) is 3.08. The van der Waals surface area contributed by atoms with E-state index in [2.05, 4.69) is 9.71 Å². The second-order valence-corrected chi connectivity index (χ2v) is 6.90. The van der Waals surface area contributed by atoms with Gasteiger partial charge in [-0.05, 0) is 18.9 Å². The molecule has 2 rings (SSSR count). The summed E-state index contributed by atoms with van der Waals surface area (Å²) in [4.78, 5) is 14.8. The number of aryl methyl sites for hydroxylation is 1. The summed E-state index contributed by atoms with van der Waals surface area (Å²) >= 11 is 0. The minimum absolute atomic E-state index is 0.120. The summed E-state index contributed by atoms with van der Waals surface area (Å²) in [5, 5.41) is 8.59. The zero-order valence-corrected chi connectivity index (χ0v) is 13.5. The molecule has 0 atom stereocenters. The number of anilines is 1. The number of rotatable bonds is 8. The lowest BCUT2D eigenvalue weighted by Crippen LogP contribution is -2.10. The molecule has 0 unspecified atom stereocenters. The van der Waals surface area contributed by atoms with Crippen LogP contribution >= 0.6 is 0 Å². The van der Waals surface area contributed by atoms with Crippen molar-refractivity contribution in [3.05, 3.63) is 36.4 Å². The van der Waals surface area contributed by atoms with Crippen molar-refractivity contribution in [2.45, 2.75) is 25.7 Å². The summed E-state index contributed by atoms with van der Waals surface area (Å²) < 4.78 is 30.7. The number of hydrogen-bond donors (Lipinski definition) is 2. The number of aliphatic carboxylic acids is 1. The van der Waals surface area contributed by atoms with Gasteiger partial charge in [-0.15, -0.1) is 0 Å². The largest absolute Gasteiger partial charge is 0.481 e. The van der Waals surface area contributed by atoms with Gasteiger partial charge >= 0.3 is 5.97 Å². The number of unbranched alkanes of at least 4 members (excludes halogenated alkanes) is 1. The SMILES string of the molecule is CS(=O)(=O)Nc1ccccc1-c1coc(CCCCC(=O)O)n1. The van der Waals surface area contributed by atoms with E-state index < -0.39 is 16.0 Å². The van der Waals surface area contributed by atoms with Gasteiger partial charge in [-0.25, -0.2) is 13.4 Å². The van der Waals surface area contributed by atoms with Crippen molar-refractivity contribution in [3.63, 3.8) is 0 Å². The van der Waals surface area contributed by atoms with Crippen molar-refractivity contribution < 1.29 is 22.7 Å². The third kappa shape index (κ3) is 5.41. The number of carbonyl (C=O) groups is 1. The van der Waals surface area contributed by atoms with E-state index in [0.717, 1.165) is 6.26 Å². The predicted molar refractivity (Wildman–Crippen MR) is 85.6 cm³/mol. The zero-order valence-electron chi connectivity index (χ0n) is 12.7.